The number of anilines is 4. The molecule has 12 heteroatoms. The summed E-state index contributed by atoms with van der Waals surface area (Å²) in [5, 5.41) is 42.7. The molecular weight excluding hydrogens is 833 g/mol. The zero-order chi connectivity index (χ0) is 46.5. The Morgan fingerprint density at radius 3 is 1.32 bits per heavy atom. The number of ether oxygens (including phenoxy) is 4. The molecule has 4 aromatic carbocycles. The fourth-order valence-corrected chi connectivity index (χ4v) is 9.41. The maximum atomic E-state index is 13.5. The molecule has 2 heterocycles. The van der Waals surface area contributed by atoms with Crippen LogP contribution in [0, 0.1) is 24.1 Å². The van der Waals surface area contributed by atoms with E-state index in [1.54, 1.807) is 0 Å². The van der Waals surface area contributed by atoms with E-state index in [-0.39, 0.29) is 12.8 Å². The number of esters is 2. The molecule has 0 radical (unpaired) electrons. The van der Waals surface area contributed by atoms with Crippen molar-refractivity contribution in [3.63, 3.8) is 0 Å². The third-order valence-corrected chi connectivity index (χ3v) is 12.9. The second-order valence-corrected chi connectivity index (χ2v) is 18.0. The molecule has 12 nitrogen and oxygen atoms in total. The summed E-state index contributed by atoms with van der Waals surface area (Å²) < 4.78 is 23.0. The molecule has 0 amide bonds. The Balaban J connectivity index is 1.22. The molecule has 1 aliphatic carbocycles. The maximum Gasteiger partial charge on any atom is 0.311 e. The summed E-state index contributed by atoms with van der Waals surface area (Å²) in [6, 6.07) is 19.7. The summed E-state index contributed by atoms with van der Waals surface area (Å²) in [6.07, 6.45) is 14.8. The molecule has 1 saturated carbocycles. The molecule has 352 valence electrons. The van der Waals surface area contributed by atoms with Crippen LogP contribution in [0.1, 0.15) is 141 Å². The third-order valence-electron chi connectivity index (χ3n) is 12.9. The van der Waals surface area contributed by atoms with Gasteiger partial charge in [-0.05, 0) is 71.6 Å². The maximum absolute atomic E-state index is 13.5. The van der Waals surface area contributed by atoms with Crippen LogP contribution in [0.2, 0.25) is 0 Å². The number of nitrogens with one attached hydrogen (secondary N) is 4. The van der Waals surface area contributed by atoms with Gasteiger partial charge in [-0.3, -0.25) is 9.59 Å². The zero-order valence-electron chi connectivity index (χ0n) is 39.2. The highest BCUT2D eigenvalue weighted by atomic mass is 16.5. The van der Waals surface area contributed by atoms with Gasteiger partial charge in [-0.15, -0.1) is 0 Å². The predicted molar refractivity (Wildman–Crippen MR) is 262 cm³/mol. The van der Waals surface area contributed by atoms with E-state index < -0.39 is 47.3 Å². The van der Waals surface area contributed by atoms with Gasteiger partial charge < -0.3 is 50.4 Å². The first-order chi connectivity index (χ1) is 32.2. The second-order valence-electron chi connectivity index (χ2n) is 18.0. The topological polar surface area (TPSA) is 160 Å². The number of rotatable bonds is 22. The summed E-state index contributed by atoms with van der Waals surface area (Å²) in [5.41, 5.74) is 1.57. The normalized spacial score (nSPS) is 22.2. The Kier molecular flexibility index (Phi) is 16.5. The first kappa shape index (κ1) is 48.1. The van der Waals surface area contributed by atoms with Gasteiger partial charge in [-0.2, -0.15) is 0 Å². The number of benzene rings is 4. The lowest BCUT2D eigenvalue weighted by molar-refractivity contribution is -0.145. The molecule has 1 fully saturated rings. The lowest BCUT2D eigenvalue weighted by atomic mass is 9.62. The lowest BCUT2D eigenvalue weighted by Crippen LogP contribution is -2.54. The zero-order valence-corrected chi connectivity index (χ0v) is 39.2. The van der Waals surface area contributed by atoms with Crippen molar-refractivity contribution >= 4 is 56.2 Å². The van der Waals surface area contributed by atoms with E-state index >= 15 is 0 Å². The van der Waals surface area contributed by atoms with E-state index in [0.717, 1.165) is 110 Å². The van der Waals surface area contributed by atoms with Crippen LogP contribution in [-0.4, -0.2) is 72.1 Å². The van der Waals surface area contributed by atoms with Crippen LogP contribution in [0.4, 0.5) is 22.7 Å². The summed E-state index contributed by atoms with van der Waals surface area (Å²) in [6.45, 7) is 10.0. The van der Waals surface area contributed by atoms with Crippen LogP contribution in [0.3, 0.4) is 0 Å². The van der Waals surface area contributed by atoms with Crippen LogP contribution in [0.5, 0.6) is 0 Å². The molecule has 3 aliphatic rings. The van der Waals surface area contributed by atoms with E-state index in [1.165, 1.54) is 0 Å². The van der Waals surface area contributed by atoms with Gasteiger partial charge in [-0.25, -0.2) is 0 Å². The van der Waals surface area contributed by atoms with Gasteiger partial charge in [0.05, 0.1) is 49.6 Å². The summed E-state index contributed by atoms with van der Waals surface area (Å²) in [4.78, 5) is 27.1. The van der Waals surface area contributed by atoms with Crippen molar-refractivity contribution in [3.8, 4) is 24.1 Å². The first-order valence-electron chi connectivity index (χ1n) is 24.4. The summed E-state index contributed by atoms with van der Waals surface area (Å²) in [5.74, 6) is 4.15. The minimum Gasteiger partial charge on any atom is -0.466 e. The molecule has 7 rings (SSSR count). The summed E-state index contributed by atoms with van der Waals surface area (Å²) >= 11 is 0. The average molecular weight is 901 g/mol. The molecule has 2 aliphatic heterocycles. The largest absolute Gasteiger partial charge is 0.466 e. The van der Waals surface area contributed by atoms with Gasteiger partial charge in [-0.1, -0.05) is 128 Å². The van der Waals surface area contributed by atoms with Gasteiger partial charge >= 0.3 is 11.9 Å². The summed E-state index contributed by atoms with van der Waals surface area (Å²) in [7, 11) is 0. The van der Waals surface area contributed by atoms with Crippen molar-refractivity contribution in [1.82, 2.24) is 0 Å². The minimum absolute atomic E-state index is 0.129. The van der Waals surface area contributed by atoms with Crippen molar-refractivity contribution in [3.05, 3.63) is 71.8 Å². The van der Waals surface area contributed by atoms with E-state index in [9.17, 15) is 19.8 Å². The Morgan fingerprint density at radius 2 is 0.924 bits per heavy atom. The molecule has 6 N–H and O–H groups in total. The van der Waals surface area contributed by atoms with E-state index in [2.05, 4.69) is 73.0 Å². The van der Waals surface area contributed by atoms with Crippen molar-refractivity contribution in [2.75, 3.05) is 47.7 Å². The average Bonchev–Trinajstić information content (AvgIpc) is 3.30. The smallest absolute Gasteiger partial charge is 0.311 e. The highest BCUT2D eigenvalue weighted by Gasteiger charge is 2.53. The molecule has 66 heavy (non-hydrogen) atoms. The Morgan fingerprint density at radius 1 is 0.530 bits per heavy atom. The minimum atomic E-state index is -1.32. The van der Waals surface area contributed by atoms with Crippen LogP contribution < -0.4 is 21.3 Å². The predicted octanol–water partition coefficient (Wildman–Crippen LogP) is 10.2. The van der Waals surface area contributed by atoms with Crippen molar-refractivity contribution < 1.29 is 38.7 Å². The fourth-order valence-electron chi connectivity index (χ4n) is 9.41. The molecule has 0 saturated heterocycles. The first-order valence-corrected chi connectivity index (χ1v) is 24.4. The van der Waals surface area contributed by atoms with E-state index in [1.807, 2.05) is 60.7 Å². The molecular formula is C54H68N4O8. The lowest BCUT2D eigenvalue weighted by Gasteiger charge is -2.50. The van der Waals surface area contributed by atoms with Gasteiger partial charge in [0.25, 0.3) is 0 Å². The standard InChI is InChI=1S/C54H68N4O8/c1-5-9-13-29-63-33-27-53(35-43(59)65-31-15-11-7-3)55-41-21-17-19-37-23-25-39(49(57-53)45(37)41)47-51(61)48(52(47)62)40-26-24-38-20-18-22-42-46(38)50(40)58-54(56-42,28-34-64-30-14-10-6-2)36-44(60)66-32-16-12-8-4/h17-26,47-48,51-52,55-58,61-62H,5-16,29-32,35-36H2,1-4H3. The van der Waals surface area contributed by atoms with Crippen LogP contribution in [0.25, 0.3) is 21.5 Å². The number of aliphatic hydroxyl groups is 2. The molecule has 0 bridgehead atoms. The number of hydrogen-bond donors (Lipinski definition) is 6. The fraction of sp³-hybridized carbons (Fsp3) is 0.519. The second kappa shape index (κ2) is 22.6. The van der Waals surface area contributed by atoms with Gasteiger partial charge in [0.2, 0.25) is 0 Å². The van der Waals surface area contributed by atoms with Gasteiger partial charge in [0, 0.05) is 34.0 Å². The van der Waals surface area contributed by atoms with E-state index in [0.29, 0.717) is 48.9 Å². The van der Waals surface area contributed by atoms with Gasteiger partial charge in [0.1, 0.15) is 25.4 Å². The number of aliphatic hydroxyl groups excluding tert-OH is 2. The highest BCUT2D eigenvalue weighted by Crippen LogP contribution is 2.56. The number of carbonyl (C=O) groups is 2. The highest BCUT2D eigenvalue weighted by molar-refractivity contribution is 6.09. The van der Waals surface area contributed by atoms with Crippen LogP contribution in [-0.2, 0) is 28.5 Å². The Labute approximate surface area is 390 Å². The van der Waals surface area contributed by atoms with Crippen molar-refractivity contribution in [1.29, 1.82) is 0 Å². The number of hydrogen-bond acceptors (Lipinski definition) is 12. The molecule has 2 atom stereocenters. The third kappa shape index (κ3) is 10.9. The van der Waals surface area contributed by atoms with Crippen LogP contribution in [0.15, 0.2) is 60.7 Å². The Hall–Kier alpha value is -5.82. The van der Waals surface area contributed by atoms with Crippen molar-refractivity contribution in [2.24, 2.45) is 0 Å². The molecule has 0 spiro atoms. The number of unbranched alkanes of at least 4 members (excludes halogenated alkanes) is 8. The molecule has 0 aromatic heterocycles. The SMILES string of the molecule is CCCCCOC#CC1(CC(=O)OCCCCC)Nc2cccc3ccc(C4C(O)C(c5ccc6cccc7c6c5NC(C#COCCCCC)(CC(=O)OCCCCC)N7)C4O)c(c23)N1. The molecule has 4 aromatic rings. The molecule has 2 unspecified atom stereocenters. The van der Waals surface area contributed by atoms with Crippen molar-refractivity contribution in [2.45, 2.75) is 153 Å². The Bertz CT molecular complexity index is 2280. The monoisotopic (exact) mass is 901 g/mol. The number of carbonyl (C=O) groups excluding carboxylic acids is 2. The van der Waals surface area contributed by atoms with Crippen LogP contribution >= 0.6 is 0 Å². The quantitative estimate of drug-likeness (QED) is 0.0252. The van der Waals surface area contributed by atoms with Gasteiger partial charge in [0.15, 0.2) is 11.3 Å². The van der Waals surface area contributed by atoms with E-state index in [4.69, 9.17) is 18.9 Å².